The molecule has 1 atom stereocenters. The van der Waals surface area contributed by atoms with Gasteiger partial charge in [0.05, 0.1) is 19.3 Å². The Bertz CT molecular complexity index is 726. The third-order valence-electron chi connectivity index (χ3n) is 4.02. The number of hydrogen-bond acceptors (Lipinski definition) is 5. The van der Waals surface area contributed by atoms with E-state index in [1.165, 1.54) is 14.2 Å². The first kappa shape index (κ1) is 18.7. The van der Waals surface area contributed by atoms with E-state index in [1.807, 2.05) is 30.3 Å². The molecule has 0 aromatic heterocycles. The maximum Gasteiger partial charge on any atom is 0.343 e. The van der Waals surface area contributed by atoms with Crippen LogP contribution >= 0.6 is 0 Å². The average molecular weight is 342 g/mol. The van der Waals surface area contributed by atoms with Crippen LogP contribution < -0.4 is 0 Å². The van der Waals surface area contributed by atoms with Gasteiger partial charge < -0.3 is 14.2 Å². The molecule has 0 aliphatic heterocycles. The Morgan fingerprint density at radius 2 is 1.60 bits per heavy atom. The Morgan fingerprint density at radius 1 is 0.960 bits per heavy atom. The average Bonchev–Trinajstić information content (AvgIpc) is 2.66. The summed E-state index contributed by atoms with van der Waals surface area (Å²) in [6.07, 6.45) is 0.233. The summed E-state index contributed by atoms with van der Waals surface area (Å²) in [4.78, 5) is 25.1. The summed E-state index contributed by atoms with van der Waals surface area (Å²) in [6.45, 7) is 1.94. The molecule has 5 nitrogen and oxygen atoms in total. The van der Waals surface area contributed by atoms with Gasteiger partial charge in [0.25, 0.3) is 0 Å². The van der Waals surface area contributed by atoms with Crippen LogP contribution in [-0.4, -0.2) is 32.8 Å². The van der Waals surface area contributed by atoms with Gasteiger partial charge >= 0.3 is 11.9 Å². The van der Waals surface area contributed by atoms with Crippen LogP contribution in [0.1, 0.15) is 28.4 Å². The molecule has 1 unspecified atom stereocenters. The lowest BCUT2D eigenvalue weighted by Crippen LogP contribution is -2.43. The molecule has 0 saturated heterocycles. The molecule has 0 fully saturated rings. The molecule has 0 amide bonds. The van der Waals surface area contributed by atoms with Crippen LogP contribution in [0.2, 0.25) is 0 Å². The number of esters is 2. The van der Waals surface area contributed by atoms with Crippen molar-refractivity contribution in [3.8, 4) is 0 Å². The van der Waals surface area contributed by atoms with Crippen molar-refractivity contribution in [1.29, 1.82) is 0 Å². The van der Waals surface area contributed by atoms with Gasteiger partial charge in [-0.25, -0.2) is 9.59 Å². The topological polar surface area (TPSA) is 61.8 Å². The van der Waals surface area contributed by atoms with Crippen molar-refractivity contribution in [3.05, 3.63) is 71.3 Å². The summed E-state index contributed by atoms with van der Waals surface area (Å²) in [5.41, 5.74) is 0.141. The Labute approximate surface area is 147 Å². The fourth-order valence-corrected chi connectivity index (χ4v) is 2.80. The molecule has 0 spiro atoms. The van der Waals surface area contributed by atoms with E-state index in [1.54, 1.807) is 31.2 Å². The van der Waals surface area contributed by atoms with E-state index in [9.17, 15) is 9.59 Å². The number of ether oxygens (including phenoxy) is 3. The van der Waals surface area contributed by atoms with Gasteiger partial charge in [-0.1, -0.05) is 48.5 Å². The minimum atomic E-state index is -1.44. The fraction of sp³-hybridized carbons (Fsp3) is 0.300. The molecule has 0 bridgehead atoms. The minimum Gasteiger partial charge on any atom is -0.465 e. The fourth-order valence-electron chi connectivity index (χ4n) is 2.80. The van der Waals surface area contributed by atoms with E-state index < -0.39 is 17.5 Å². The SMILES string of the molecule is CCOC(=O)C(Cc1ccccc1)(OC)c1ccccc1C(=O)OC. The largest absolute Gasteiger partial charge is 0.465 e. The van der Waals surface area contributed by atoms with Crippen LogP contribution in [0.25, 0.3) is 0 Å². The second kappa shape index (κ2) is 8.44. The lowest BCUT2D eigenvalue weighted by molar-refractivity contribution is -0.170. The molecule has 0 radical (unpaired) electrons. The first-order valence-electron chi connectivity index (χ1n) is 8.03. The zero-order valence-corrected chi connectivity index (χ0v) is 14.7. The van der Waals surface area contributed by atoms with Crippen molar-refractivity contribution < 1.29 is 23.8 Å². The Morgan fingerprint density at radius 3 is 2.20 bits per heavy atom. The first-order chi connectivity index (χ1) is 12.1. The minimum absolute atomic E-state index is 0.207. The van der Waals surface area contributed by atoms with Crippen molar-refractivity contribution in [1.82, 2.24) is 0 Å². The molecule has 2 aromatic carbocycles. The molecular weight excluding hydrogens is 320 g/mol. The maximum atomic E-state index is 12.9. The molecule has 25 heavy (non-hydrogen) atoms. The highest BCUT2D eigenvalue weighted by atomic mass is 16.6. The molecule has 132 valence electrons. The van der Waals surface area contributed by atoms with Crippen LogP contribution in [0.4, 0.5) is 0 Å². The van der Waals surface area contributed by atoms with Crippen LogP contribution in [0.5, 0.6) is 0 Å². The van der Waals surface area contributed by atoms with E-state index >= 15 is 0 Å². The van der Waals surface area contributed by atoms with Gasteiger partial charge in [-0.2, -0.15) is 0 Å². The maximum absolute atomic E-state index is 12.9. The zero-order chi connectivity index (χ0) is 18.3. The summed E-state index contributed by atoms with van der Waals surface area (Å²) in [7, 11) is 2.74. The molecular formula is C20H22O5. The number of benzene rings is 2. The second-order valence-corrected chi connectivity index (χ2v) is 5.45. The van der Waals surface area contributed by atoms with E-state index in [4.69, 9.17) is 14.2 Å². The van der Waals surface area contributed by atoms with Gasteiger partial charge in [0.1, 0.15) is 0 Å². The summed E-state index contributed by atoms with van der Waals surface area (Å²) in [6, 6.07) is 16.2. The predicted octanol–water partition coefficient (Wildman–Crippen LogP) is 3.12. The number of carbonyl (C=O) groups is 2. The van der Waals surface area contributed by atoms with Crippen LogP contribution in [0.3, 0.4) is 0 Å². The van der Waals surface area contributed by atoms with Crippen LogP contribution in [0.15, 0.2) is 54.6 Å². The molecule has 0 heterocycles. The number of methoxy groups -OCH3 is 2. The monoisotopic (exact) mass is 342 g/mol. The number of carbonyl (C=O) groups excluding carboxylic acids is 2. The Kier molecular flexibility index (Phi) is 6.31. The third-order valence-corrected chi connectivity index (χ3v) is 4.02. The van der Waals surface area contributed by atoms with Gasteiger partial charge in [-0.3, -0.25) is 0 Å². The molecule has 5 heteroatoms. The number of rotatable bonds is 7. The Balaban J connectivity index is 2.62. The lowest BCUT2D eigenvalue weighted by atomic mass is 9.84. The van der Waals surface area contributed by atoms with Gasteiger partial charge in [-0.15, -0.1) is 0 Å². The van der Waals surface area contributed by atoms with E-state index in [-0.39, 0.29) is 18.6 Å². The summed E-state index contributed by atoms with van der Waals surface area (Å²) in [5.74, 6) is -1.08. The highest BCUT2D eigenvalue weighted by Gasteiger charge is 2.44. The van der Waals surface area contributed by atoms with Crippen molar-refractivity contribution in [2.75, 3.05) is 20.8 Å². The predicted molar refractivity (Wildman–Crippen MR) is 93.2 cm³/mol. The quantitative estimate of drug-likeness (QED) is 0.724. The standard InChI is InChI=1S/C20H22O5/c1-4-25-19(22)20(24-3,14-15-10-6-5-7-11-15)17-13-9-8-12-16(17)18(21)23-2/h5-13H,4,14H2,1-3H3. The van der Waals surface area contributed by atoms with Gasteiger partial charge in [0, 0.05) is 19.1 Å². The number of hydrogen-bond donors (Lipinski definition) is 0. The molecule has 0 N–H and O–H groups in total. The van der Waals surface area contributed by atoms with Crippen molar-refractivity contribution >= 4 is 11.9 Å². The summed E-state index contributed by atoms with van der Waals surface area (Å²) < 4.78 is 15.8. The molecule has 2 aromatic rings. The molecule has 0 saturated carbocycles. The lowest BCUT2D eigenvalue weighted by Gasteiger charge is -2.32. The Hall–Kier alpha value is -2.66. The molecule has 2 rings (SSSR count). The van der Waals surface area contributed by atoms with Crippen molar-refractivity contribution in [3.63, 3.8) is 0 Å². The van der Waals surface area contributed by atoms with Gasteiger partial charge in [0.2, 0.25) is 0 Å². The highest BCUT2D eigenvalue weighted by molar-refractivity contribution is 5.94. The third kappa shape index (κ3) is 3.88. The van der Waals surface area contributed by atoms with Crippen molar-refractivity contribution in [2.24, 2.45) is 0 Å². The van der Waals surface area contributed by atoms with E-state index in [0.29, 0.717) is 5.56 Å². The molecule has 0 aliphatic carbocycles. The van der Waals surface area contributed by atoms with Crippen LogP contribution in [0, 0.1) is 0 Å². The second-order valence-electron chi connectivity index (χ2n) is 5.45. The first-order valence-corrected chi connectivity index (χ1v) is 8.03. The summed E-state index contributed by atoms with van der Waals surface area (Å²) >= 11 is 0. The highest BCUT2D eigenvalue weighted by Crippen LogP contribution is 2.34. The van der Waals surface area contributed by atoms with Gasteiger partial charge in [-0.05, 0) is 18.6 Å². The smallest absolute Gasteiger partial charge is 0.343 e. The molecule has 0 aliphatic rings. The van der Waals surface area contributed by atoms with Crippen molar-refractivity contribution in [2.45, 2.75) is 18.9 Å². The normalized spacial score (nSPS) is 12.9. The van der Waals surface area contributed by atoms with Crippen LogP contribution in [-0.2, 0) is 31.0 Å². The van der Waals surface area contributed by atoms with Gasteiger partial charge in [0.15, 0.2) is 5.60 Å². The van der Waals surface area contributed by atoms with E-state index in [0.717, 1.165) is 5.56 Å². The van der Waals surface area contributed by atoms with E-state index in [2.05, 4.69) is 0 Å². The zero-order valence-electron chi connectivity index (χ0n) is 14.7. The summed E-state index contributed by atoms with van der Waals surface area (Å²) in [5, 5.41) is 0.